The molecule has 0 bridgehead atoms. The van der Waals surface area contributed by atoms with Gasteiger partial charge >= 0.3 is 6.18 Å². The number of hydrogen-bond acceptors (Lipinski definition) is 4. The highest BCUT2D eigenvalue weighted by Gasteiger charge is 2.36. The minimum Gasteiger partial charge on any atom is -0.348 e. The second kappa shape index (κ2) is 13.9. The molecule has 1 unspecified atom stereocenters. The lowest BCUT2D eigenvalue weighted by Gasteiger charge is -2.26. The Kier molecular flexibility index (Phi) is 10.9. The fraction of sp³-hybridized carbons (Fsp3) is 0.567. The predicted octanol–water partition coefficient (Wildman–Crippen LogP) is 7.34. The molecule has 0 aliphatic carbocycles. The Hall–Kier alpha value is -2.94. The molecule has 0 saturated carbocycles. The van der Waals surface area contributed by atoms with E-state index in [1.807, 2.05) is 19.1 Å². The largest absolute Gasteiger partial charge is 0.433 e. The van der Waals surface area contributed by atoms with Crippen LogP contribution in [0.3, 0.4) is 0 Å². The number of nitrogens with one attached hydrogen (secondary N) is 1. The summed E-state index contributed by atoms with van der Waals surface area (Å²) >= 11 is 0. The van der Waals surface area contributed by atoms with Crippen LogP contribution in [0.4, 0.5) is 13.2 Å². The first kappa shape index (κ1) is 30.6. The van der Waals surface area contributed by atoms with Crippen LogP contribution in [-0.4, -0.2) is 51.1 Å². The molecular weight excluding hydrogens is 503 g/mol. The quantitative estimate of drug-likeness (QED) is 0.215. The molecule has 1 atom stereocenters. The lowest BCUT2D eigenvalue weighted by Crippen LogP contribution is -2.42. The van der Waals surface area contributed by atoms with E-state index in [1.165, 1.54) is 6.20 Å². The molecule has 2 aromatic heterocycles. The molecular formula is C30H42F3N5O. The number of aromatic nitrogens is 3. The summed E-state index contributed by atoms with van der Waals surface area (Å²) in [5, 5.41) is 6.88. The van der Waals surface area contributed by atoms with Crippen LogP contribution < -0.4 is 5.32 Å². The number of unbranched alkanes of at least 4 members (excludes halogenated alkanes) is 4. The van der Waals surface area contributed by atoms with Crippen molar-refractivity contribution in [2.45, 2.75) is 91.3 Å². The van der Waals surface area contributed by atoms with E-state index >= 15 is 0 Å². The highest BCUT2D eigenvalue weighted by atomic mass is 19.4. The van der Waals surface area contributed by atoms with Gasteiger partial charge in [-0.25, -0.2) is 9.50 Å². The first-order valence-electron chi connectivity index (χ1n) is 14.1. The van der Waals surface area contributed by atoms with Crippen molar-refractivity contribution in [3.05, 3.63) is 53.3 Å². The molecule has 0 aliphatic heterocycles. The van der Waals surface area contributed by atoms with Crippen LogP contribution in [-0.2, 0) is 6.18 Å². The monoisotopic (exact) mass is 545 g/mol. The molecule has 0 saturated heterocycles. The number of nitrogens with zero attached hydrogens (tertiary/aromatic N) is 4. The molecule has 0 radical (unpaired) electrons. The Morgan fingerprint density at radius 3 is 2.15 bits per heavy atom. The molecule has 1 aromatic carbocycles. The van der Waals surface area contributed by atoms with E-state index in [0.717, 1.165) is 63.2 Å². The van der Waals surface area contributed by atoms with Gasteiger partial charge in [0.15, 0.2) is 11.3 Å². The van der Waals surface area contributed by atoms with Crippen LogP contribution >= 0.6 is 0 Å². The predicted molar refractivity (Wildman–Crippen MR) is 150 cm³/mol. The smallest absolute Gasteiger partial charge is 0.348 e. The summed E-state index contributed by atoms with van der Waals surface area (Å²) < 4.78 is 42.7. The number of fused-ring (bicyclic) bond motifs is 1. The number of carbonyl (C=O) groups excluding carboxylic acids is 1. The Labute approximate surface area is 230 Å². The molecule has 1 amide bonds. The third kappa shape index (κ3) is 8.27. The average Bonchev–Trinajstić information content (AvgIpc) is 3.32. The van der Waals surface area contributed by atoms with E-state index in [2.05, 4.69) is 48.0 Å². The molecule has 3 aromatic rings. The number of halogens is 3. The fourth-order valence-electron chi connectivity index (χ4n) is 4.71. The second-order valence-electron chi connectivity index (χ2n) is 10.7. The maximum atomic E-state index is 14.0. The van der Waals surface area contributed by atoms with Crippen molar-refractivity contribution in [2.24, 2.45) is 0 Å². The summed E-state index contributed by atoms with van der Waals surface area (Å²) in [7, 11) is 0. The molecule has 9 heteroatoms. The topological polar surface area (TPSA) is 62.5 Å². The van der Waals surface area contributed by atoms with Gasteiger partial charge in [0.1, 0.15) is 5.56 Å². The summed E-state index contributed by atoms with van der Waals surface area (Å²) in [5.74, 6) is -0.186. The van der Waals surface area contributed by atoms with Gasteiger partial charge in [-0.3, -0.25) is 4.79 Å². The number of carbonyl (C=O) groups is 1. The first-order chi connectivity index (χ1) is 18.5. The van der Waals surface area contributed by atoms with Gasteiger partial charge in [-0.1, -0.05) is 77.6 Å². The third-order valence-electron chi connectivity index (χ3n) is 6.95. The van der Waals surface area contributed by atoms with Gasteiger partial charge in [-0.15, -0.1) is 0 Å². The summed E-state index contributed by atoms with van der Waals surface area (Å²) in [4.78, 5) is 20.1. The molecule has 6 nitrogen and oxygen atoms in total. The van der Waals surface area contributed by atoms with Crippen LogP contribution in [0, 0.1) is 0 Å². The first-order valence-corrected chi connectivity index (χ1v) is 14.1. The normalized spacial score (nSPS) is 13.0. The lowest BCUT2D eigenvalue weighted by molar-refractivity contribution is -0.142. The van der Waals surface area contributed by atoms with Gasteiger partial charge < -0.3 is 10.2 Å². The van der Waals surface area contributed by atoms with E-state index < -0.39 is 17.8 Å². The van der Waals surface area contributed by atoms with Gasteiger partial charge in [-0.05, 0) is 50.4 Å². The van der Waals surface area contributed by atoms with Gasteiger partial charge in [0.05, 0.1) is 11.9 Å². The molecule has 2 heterocycles. The highest BCUT2D eigenvalue weighted by Crippen LogP contribution is 2.33. The number of alkyl halides is 3. The molecule has 0 fully saturated rings. The summed E-state index contributed by atoms with van der Waals surface area (Å²) in [5.41, 5.74) is 0.707. The van der Waals surface area contributed by atoms with E-state index in [0.29, 0.717) is 22.5 Å². The van der Waals surface area contributed by atoms with E-state index in [4.69, 9.17) is 0 Å². The van der Waals surface area contributed by atoms with Crippen molar-refractivity contribution in [3.63, 3.8) is 0 Å². The maximum Gasteiger partial charge on any atom is 0.433 e. The number of hydrogen-bond donors (Lipinski definition) is 1. The second-order valence-corrected chi connectivity index (χ2v) is 10.7. The van der Waals surface area contributed by atoms with Crippen LogP contribution in [0.25, 0.3) is 16.9 Å². The lowest BCUT2D eigenvalue weighted by atomic mass is 10.0. The zero-order chi connectivity index (χ0) is 28.6. The average molecular weight is 546 g/mol. The number of rotatable bonds is 14. The Morgan fingerprint density at radius 2 is 1.62 bits per heavy atom. The highest BCUT2D eigenvalue weighted by molar-refractivity contribution is 6.00. The summed E-state index contributed by atoms with van der Waals surface area (Å²) in [6, 6.07) is 8.09. The zero-order valence-corrected chi connectivity index (χ0v) is 23.8. The number of benzene rings is 1. The van der Waals surface area contributed by atoms with Crippen LogP contribution in [0.5, 0.6) is 0 Å². The Morgan fingerprint density at radius 1 is 1.00 bits per heavy atom. The van der Waals surface area contributed by atoms with Crippen LogP contribution in [0.1, 0.15) is 101 Å². The molecule has 214 valence electrons. The molecule has 1 N–H and O–H groups in total. The zero-order valence-electron chi connectivity index (χ0n) is 23.8. The third-order valence-corrected chi connectivity index (χ3v) is 6.95. The van der Waals surface area contributed by atoms with Crippen molar-refractivity contribution in [2.75, 3.05) is 19.6 Å². The summed E-state index contributed by atoms with van der Waals surface area (Å²) in [6.45, 7) is 13.0. The minimum atomic E-state index is -4.67. The van der Waals surface area contributed by atoms with Crippen molar-refractivity contribution in [3.8, 4) is 11.3 Å². The molecule has 3 rings (SSSR count). The standard InChI is InChI=1S/C30H42F3N5O/c1-6-8-10-16-37(17-11-9-7-2)20-22(5)35-29(39)25-19-34-38-27(30(31,32)33)18-26(36-28(25)38)24-14-12-23(13-15-24)21(3)4/h12-15,18-19,21-22H,6-11,16-17,20H2,1-5H3,(H,35,39). The molecule has 39 heavy (non-hydrogen) atoms. The van der Waals surface area contributed by atoms with E-state index in [1.54, 1.807) is 12.1 Å². The molecule has 0 spiro atoms. The summed E-state index contributed by atoms with van der Waals surface area (Å²) in [6.07, 6.45) is 3.29. The SMILES string of the molecule is CCCCCN(CCCCC)CC(C)NC(=O)c1cnn2c(C(F)(F)F)cc(-c3ccc(C(C)C)cc3)nc12. The van der Waals surface area contributed by atoms with Crippen LogP contribution in [0.2, 0.25) is 0 Å². The maximum absolute atomic E-state index is 14.0. The van der Waals surface area contributed by atoms with Crippen LogP contribution in [0.15, 0.2) is 36.5 Å². The van der Waals surface area contributed by atoms with Gasteiger partial charge in [0.2, 0.25) is 0 Å². The van der Waals surface area contributed by atoms with Gasteiger partial charge in [0, 0.05) is 18.2 Å². The fourth-order valence-corrected chi connectivity index (χ4v) is 4.71. The van der Waals surface area contributed by atoms with Crippen molar-refractivity contribution < 1.29 is 18.0 Å². The van der Waals surface area contributed by atoms with Crippen molar-refractivity contribution >= 4 is 11.6 Å². The van der Waals surface area contributed by atoms with Gasteiger partial charge in [-0.2, -0.15) is 18.3 Å². The van der Waals surface area contributed by atoms with E-state index in [-0.39, 0.29) is 22.9 Å². The van der Waals surface area contributed by atoms with E-state index in [9.17, 15) is 18.0 Å². The molecule has 0 aliphatic rings. The number of amides is 1. The van der Waals surface area contributed by atoms with Crippen molar-refractivity contribution in [1.82, 2.24) is 24.8 Å². The minimum absolute atomic E-state index is 0.0246. The Bertz CT molecular complexity index is 1190. The van der Waals surface area contributed by atoms with Crippen molar-refractivity contribution in [1.29, 1.82) is 0 Å². The Balaban J connectivity index is 1.86. The van der Waals surface area contributed by atoms with Gasteiger partial charge in [0.25, 0.3) is 5.91 Å².